The molecule has 2 rings (SSSR count). The average molecular weight is 311 g/mol. The van der Waals surface area contributed by atoms with Crippen molar-refractivity contribution in [2.24, 2.45) is 5.92 Å². The highest BCUT2D eigenvalue weighted by atomic mass is 35.5. The van der Waals surface area contributed by atoms with Crippen LogP contribution in [-0.4, -0.2) is 16.5 Å². The van der Waals surface area contributed by atoms with Crippen molar-refractivity contribution in [3.05, 3.63) is 40.5 Å². The molecule has 0 aliphatic heterocycles. The molecule has 0 bridgehead atoms. The van der Waals surface area contributed by atoms with Gasteiger partial charge in [0.25, 0.3) is 0 Å². The Morgan fingerprint density at radius 3 is 2.65 bits per heavy atom. The van der Waals surface area contributed by atoms with Crippen molar-refractivity contribution in [2.75, 3.05) is 17.2 Å². The highest BCUT2D eigenvalue weighted by Crippen LogP contribution is 2.26. The lowest BCUT2D eigenvalue weighted by Crippen LogP contribution is -2.10. The highest BCUT2D eigenvalue weighted by molar-refractivity contribution is 6.42. The van der Waals surface area contributed by atoms with Crippen LogP contribution in [0.3, 0.4) is 0 Å². The fourth-order valence-electron chi connectivity index (χ4n) is 1.53. The molecule has 0 unspecified atom stereocenters. The molecule has 0 fully saturated rings. The SMILES string of the molecule is CC(C)CNc1ccnc(Nc2ccc(Cl)c(Cl)c2)n1. The molecule has 0 aliphatic carbocycles. The molecule has 2 N–H and O–H groups in total. The van der Waals surface area contributed by atoms with Crippen molar-refractivity contribution in [1.82, 2.24) is 9.97 Å². The van der Waals surface area contributed by atoms with Crippen molar-refractivity contribution in [2.45, 2.75) is 13.8 Å². The monoisotopic (exact) mass is 310 g/mol. The molecule has 2 aromatic rings. The number of rotatable bonds is 5. The van der Waals surface area contributed by atoms with Crippen molar-refractivity contribution >= 4 is 40.7 Å². The summed E-state index contributed by atoms with van der Waals surface area (Å²) in [4.78, 5) is 8.56. The van der Waals surface area contributed by atoms with Gasteiger partial charge in [0.05, 0.1) is 10.0 Å². The summed E-state index contributed by atoms with van der Waals surface area (Å²) in [6.07, 6.45) is 1.70. The zero-order valence-corrected chi connectivity index (χ0v) is 12.8. The second-order valence-corrected chi connectivity index (χ2v) is 5.61. The van der Waals surface area contributed by atoms with Gasteiger partial charge in [-0.25, -0.2) is 4.98 Å². The lowest BCUT2D eigenvalue weighted by Gasteiger charge is -2.10. The predicted octanol–water partition coefficient (Wildman–Crippen LogP) is 4.59. The second kappa shape index (κ2) is 6.77. The standard InChI is InChI=1S/C14H16Cl2N4/c1-9(2)8-18-13-5-6-17-14(20-13)19-10-3-4-11(15)12(16)7-10/h3-7,9H,8H2,1-2H3,(H2,17,18,19,20). The summed E-state index contributed by atoms with van der Waals surface area (Å²) in [7, 11) is 0. The Balaban J connectivity index is 2.08. The van der Waals surface area contributed by atoms with E-state index in [4.69, 9.17) is 23.2 Å². The molecule has 4 nitrogen and oxygen atoms in total. The Morgan fingerprint density at radius 2 is 1.95 bits per heavy atom. The Morgan fingerprint density at radius 1 is 1.15 bits per heavy atom. The first-order chi connectivity index (χ1) is 9.54. The van der Waals surface area contributed by atoms with Gasteiger partial charge in [-0.15, -0.1) is 0 Å². The molecule has 1 aromatic carbocycles. The van der Waals surface area contributed by atoms with E-state index in [1.165, 1.54) is 0 Å². The fraction of sp³-hybridized carbons (Fsp3) is 0.286. The first kappa shape index (κ1) is 14.9. The minimum Gasteiger partial charge on any atom is -0.370 e. The topological polar surface area (TPSA) is 49.8 Å². The number of benzene rings is 1. The summed E-state index contributed by atoms with van der Waals surface area (Å²) in [6.45, 7) is 5.15. The molecule has 0 radical (unpaired) electrons. The fourth-order valence-corrected chi connectivity index (χ4v) is 1.83. The molecule has 0 aliphatic rings. The van der Waals surface area contributed by atoms with Crippen LogP contribution in [0.25, 0.3) is 0 Å². The number of anilines is 3. The zero-order chi connectivity index (χ0) is 14.5. The molecule has 0 spiro atoms. The third kappa shape index (κ3) is 4.25. The van der Waals surface area contributed by atoms with E-state index in [0.29, 0.717) is 21.9 Å². The van der Waals surface area contributed by atoms with Gasteiger partial charge < -0.3 is 10.6 Å². The largest absolute Gasteiger partial charge is 0.370 e. The number of halogens is 2. The molecular formula is C14H16Cl2N4. The maximum absolute atomic E-state index is 5.97. The molecule has 0 amide bonds. The molecule has 106 valence electrons. The van der Waals surface area contributed by atoms with Gasteiger partial charge in [-0.3, -0.25) is 0 Å². The summed E-state index contributed by atoms with van der Waals surface area (Å²) in [5.41, 5.74) is 0.792. The lowest BCUT2D eigenvalue weighted by atomic mass is 10.2. The van der Waals surface area contributed by atoms with Gasteiger partial charge in [0.2, 0.25) is 5.95 Å². The van der Waals surface area contributed by atoms with Gasteiger partial charge in [0.15, 0.2) is 0 Å². The van der Waals surface area contributed by atoms with Gasteiger partial charge >= 0.3 is 0 Å². The van der Waals surface area contributed by atoms with E-state index in [2.05, 4.69) is 34.4 Å². The summed E-state index contributed by atoms with van der Waals surface area (Å²) >= 11 is 11.8. The normalized spacial score (nSPS) is 10.7. The Kier molecular flexibility index (Phi) is 5.04. The van der Waals surface area contributed by atoms with Crippen LogP contribution >= 0.6 is 23.2 Å². The van der Waals surface area contributed by atoms with Crippen LogP contribution in [0.4, 0.5) is 17.5 Å². The summed E-state index contributed by atoms with van der Waals surface area (Å²) in [6, 6.07) is 7.13. The van der Waals surface area contributed by atoms with Gasteiger partial charge in [0.1, 0.15) is 5.82 Å². The minimum absolute atomic E-state index is 0.491. The van der Waals surface area contributed by atoms with Crippen LogP contribution in [0.1, 0.15) is 13.8 Å². The van der Waals surface area contributed by atoms with E-state index in [9.17, 15) is 0 Å². The van der Waals surface area contributed by atoms with Crippen LogP contribution in [0, 0.1) is 5.92 Å². The van der Waals surface area contributed by atoms with E-state index < -0.39 is 0 Å². The Labute approximate surface area is 128 Å². The lowest BCUT2D eigenvalue weighted by molar-refractivity contribution is 0.687. The van der Waals surface area contributed by atoms with Crippen molar-refractivity contribution in [3.63, 3.8) is 0 Å². The van der Waals surface area contributed by atoms with Crippen LogP contribution in [0.2, 0.25) is 10.0 Å². The zero-order valence-electron chi connectivity index (χ0n) is 11.3. The van der Waals surface area contributed by atoms with Gasteiger partial charge in [-0.05, 0) is 30.2 Å². The van der Waals surface area contributed by atoms with Crippen LogP contribution in [0.15, 0.2) is 30.5 Å². The molecule has 6 heteroatoms. The molecular weight excluding hydrogens is 295 g/mol. The summed E-state index contributed by atoms with van der Waals surface area (Å²) < 4.78 is 0. The van der Waals surface area contributed by atoms with Gasteiger partial charge in [-0.2, -0.15) is 4.98 Å². The number of hydrogen-bond donors (Lipinski definition) is 2. The van der Waals surface area contributed by atoms with Crippen molar-refractivity contribution in [3.8, 4) is 0 Å². The maximum atomic E-state index is 5.97. The van der Waals surface area contributed by atoms with Gasteiger partial charge in [0, 0.05) is 18.4 Å². The third-order valence-electron chi connectivity index (χ3n) is 2.52. The summed E-state index contributed by atoms with van der Waals surface area (Å²) in [5.74, 6) is 1.85. The number of aromatic nitrogens is 2. The van der Waals surface area contributed by atoms with Crippen molar-refractivity contribution < 1.29 is 0 Å². The van der Waals surface area contributed by atoms with E-state index in [-0.39, 0.29) is 0 Å². The third-order valence-corrected chi connectivity index (χ3v) is 3.26. The molecule has 1 aromatic heterocycles. The summed E-state index contributed by atoms with van der Waals surface area (Å²) in [5, 5.41) is 7.36. The number of hydrogen-bond acceptors (Lipinski definition) is 4. The maximum Gasteiger partial charge on any atom is 0.229 e. The molecule has 20 heavy (non-hydrogen) atoms. The van der Waals surface area contributed by atoms with Crippen LogP contribution in [0.5, 0.6) is 0 Å². The average Bonchev–Trinajstić information content (AvgIpc) is 2.41. The second-order valence-electron chi connectivity index (χ2n) is 4.79. The van der Waals surface area contributed by atoms with E-state index in [1.807, 2.05) is 12.1 Å². The first-order valence-corrected chi connectivity index (χ1v) is 7.09. The molecule has 0 saturated heterocycles. The highest BCUT2D eigenvalue weighted by Gasteiger charge is 2.03. The molecule has 0 saturated carbocycles. The Bertz CT molecular complexity index is 587. The van der Waals surface area contributed by atoms with Crippen LogP contribution in [-0.2, 0) is 0 Å². The number of nitrogens with one attached hydrogen (secondary N) is 2. The minimum atomic E-state index is 0.491. The van der Waals surface area contributed by atoms with Gasteiger partial charge in [-0.1, -0.05) is 37.0 Å². The Hall–Kier alpha value is -1.52. The first-order valence-electron chi connectivity index (χ1n) is 6.33. The van der Waals surface area contributed by atoms with E-state index >= 15 is 0 Å². The smallest absolute Gasteiger partial charge is 0.229 e. The molecule has 0 atom stereocenters. The van der Waals surface area contributed by atoms with E-state index in [0.717, 1.165) is 18.1 Å². The molecule has 1 heterocycles. The van der Waals surface area contributed by atoms with E-state index in [1.54, 1.807) is 18.3 Å². The van der Waals surface area contributed by atoms with Crippen molar-refractivity contribution in [1.29, 1.82) is 0 Å². The quantitative estimate of drug-likeness (QED) is 0.847. The predicted molar refractivity (Wildman–Crippen MR) is 85.1 cm³/mol. The van der Waals surface area contributed by atoms with Crippen LogP contribution < -0.4 is 10.6 Å². The number of nitrogens with zero attached hydrogens (tertiary/aromatic N) is 2.